The van der Waals surface area contributed by atoms with Crippen LogP contribution < -0.4 is 23.2 Å². The summed E-state index contributed by atoms with van der Waals surface area (Å²) < 4.78 is 37.1. The third-order valence-corrected chi connectivity index (χ3v) is 1.82. The molecule has 0 fully saturated rings. The molecule has 5 nitrogen and oxygen atoms in total. The van der Waals surface area contributed by atoms with Crippen LogP contribution in [0.5, 0.6) is 0 Å². The first-order chi connectivity index (χ1) is 5.80. The highest BCUT2D eigenvalue weighted by Gasteiger charge is 1.94. The summed E-state index contributed by atoms with van der Waals surface area (Å²) in [6.45, 7) is 0. The molecular weight excluding hydrogens is 265 g/mol. The Balaban J connectivity index is 0.000000252. The Morgan fingerprint density at radius 2 is 1.69 bits per heavy atom. The van der Waals surface area contributed by atoms with Crippen molar-refractivity contribution in [3.05, 3.63) is 29.0 Å². The van der Waals surface area contributed by atoms with E-state index >= 15 is 0 Å². The molecule has 1 rings (SSSR count). The molecule has 1 heterocycles. The Morgan fingerprint density at radius 1 is 1.23 bits per heavy atom. The zero-order valence-electron chi connectivity index (χ0n) is 6.65. The smallest absolute Gasteiger partial charge is 0.222 e. The highest BCUT2D eigenvalue weighted by Crippen LogP contribution is 1.97. The van der Waals surface area contributed by atoms with Gasteiger partial charge in [-0.25, -0.2) is 18.6 Å². The third-order valence-electron chi connectivity index (χ3n) is 0.991. The maximum absolute atomic E-state index is 8.49. The van der Waals surface area contributed by atoms with Gasteiger partial charge in [-0.2, -0.15) is 4.57 Å². The van der Waals surface area contributed by atoms with Gasteiger partial charge in [0.2, 0.25) is 4.60 Å². The van der Waals surface area contributed by atoms with Crippen LogP contribution in [-0.2, 0) is 7.05 Å². The van der Waals surface area contributed by atoms with Gasteiger partial charge in [-0.15, -0.1) is 10.2 Å². The Bertz CT molecular complexity index is 238. The molecule has 0 atom stereocenters. The number of halogens is 2. The second-order valence-electron chi connectivity index (χ2n) is 2.01. The van der Waals surface area contributed by atoms with Crippen molar-refractivity contribution in [2.24, 2.45) is 7.05 Å². The van der Waals surface area contributed by atoms with Crippen LogP contribution in [0.3, 0.4) is 0 Å². The Labute approximate surface area is 85.7 Å². The second kappa shape index (κ2) is 5.48. The van der Waals surface area contributed by atoms with Gasteiger partial charge in [0.25, 0.3) is 0 Å². The second-order valence-corrected chi connectivity index (χ2v) is 3.58. The van der Waals surface area contributed by atoms with Gasteiger partial charge in [0.1, 0.15) is 7.05 Å². The summed E-state index contributed by atoms with van der Waals surface area (Å²) in [4.78, 5) is 0. The van der Waals surface area contributed by atoms with Crippen LogP contribution in [0.15, 0.2) is 29.0 Å². The lowest BCUT2D eigenvalue weighted by Gasteiger charge is -2.17. The van der Waals surface area contributed by atoms with E-state index in [0.29, 0.717) is 0 Å². The molecule has 7 heteroatoms. The first-order valence-electron chi connectivity index (χ1n) is 3.02. The highest BCUT2D eigenvalue weighted by atomic mass is 79.9. The van der Waals surface area contributed by atoms with Gasteiger partial charge in [0.05, 0.1) is 0 Å². The van der Waals surface area contributed by atoms with Crippen LogP contribution in [0.2, 0.25) is 0 Å². The Kier molecular flexibility index (Phi) is 5.38. The van der Waals surface area contributed by atoms with Crippen molar-refractivity contribution in [3.8, 4) is 0 Å². The zero-order valence-corrected chi connectivity index (χ0v) is 8.99. The van der Waals surface area contributed by atoms with Crippen molar-refractivity contribution in [1.29, 1.82) is 0 Å². The minimum Gasteiger partial charge on any atom is -0.222 e. The minimum absolute atomic E-state index is 1.10. The van der Waals surface area contributed by atoms with Crippen molar-refractivity contribution in [1.82, 2.24) is 0 Å². The summed E-state index contributed by atoms with van der Waals surface area (Å²) in [6, 6.07) is 5.98. The normalized spacial score (nSPS) is 10.3. The summed E-state index contributed by atoms with van der Waals surface area (Å²) >= 11 is 3.36. The molecule has 0 N–H and O–H groups in total. The van der Waals surface area contributed by atoms with Crippen LogP contribution >= 0.6 is 15.9 Å². The molecule has 1 aromatic rings. The topological polar surface area (TPSA) is 96.1 Å². The Morgan fingerprint density at radius 3 is 1.92 bits per heavy atom. The molecule has 0 amide bonds. The number of hydrogen-bond donors (Lipinski definition) is 0. The molecular formula is C6H7BrClNO4. The van der Waals surface area contributed by atoms with E-state index < -0.39 is 10.2 Å². The third kappa shape index (κ3) is 9.68. The van der Waals surface area contributed by atoms with Crippen molar-refractivity contribution in [2.45, 2.75) is 0 Å². The lowest BCUT2D eigenvalue weighted by molar-refractivity contribution is -2.00. The molecule has 0 spiro atoms. The molecule has 0 aliphatic rings. The molecule has 1 aromatic heterocycles. The van der Waals surface area contributed by atoms with Gasteiger partial charge in [-0.3, -0.25) is 0 Å². The van der Waals surface area contributed by atoms with E-state index in [1.807, 2.05) is 36.0 Å². The van der Waals surface area contributed by atoms with E-state index in [1.165, 1.54) is 0 Å². The van der Waals surface area contributed by atoms with Gasteiger partial charge in [-0.05, 0) is 6.07 Å². The van der Waals surface area contributed by atoms with Gasteiger partial charge in [0, 0.05) is 28.1 Å². The van der Waals surface area contributed by atoms with Crippen LogP contribution in [0, 0.1) is 10.2 Å². The molecule has 0 radical (unpaired) electrons. The van der Waals surface area contributed by atoms with Gasteiger partial charge in [0.15, 0.2) is 6.20 Å². The minimum atomic E-state index is -4.94. The SMILES string of the molecule is C[n+]1ccccc1Br.[O-][Cl+3]([O-])([O-])[O-]. The van der Waals surface area contributed by atoms with Crippen molar-refractivity contribution >= 4 is 15.9 Å². The summed E-state index contributed by atoms with van der Waals surface area (Å²) in [6.07, 6.45) is 1.99. The maximum Gasteiger partial charge on any atom is 0.247 e. The summed E-state index contributed by atoms with van der Waals surface area (Å²) in [5.74, 6) is 0. The van der Waals surface area contributed by atoms with Crippen LogP contribution in [-0.4, -0.2) is 0 Å². The standard InChI is InChI=1S/C6H7BrN.ClHO4/c1-8-5-3-2-4-6(8)7;2-1(3,4)5/h2-5H,1H3;(H,2,3,4,5)/q+1;/p-1. The predicted molar refractivity (Wildman–Crippen MR) is 35.3 cm³/mol. The lowest BCUT2D eigenvalue weighted by Crippen LogP contribution is -2.68. The van der Waals surface area contributed by atoms with Gasteiger partial charge in [-0.1, -0.05) is 0 Å². The molecule has 0 aliphatic carbocycles. The average Bonchev–Trinajstić information content (AvgIpc) is 1.92. The number of nitrogens with zero attached hydrogens (tertiary/aromatic N) is 1. The van der Waals surface area contributed by atoms with E-state index in [9.17, 15) is 0 Å². The maximum atomic E-state index is 8.49. The van der Waals surface area contributed by atoms with Crippen LogP contribution in [0.4, 0.5) is 0 Å². The summed E-state index contributed by atoms with van der Waals surface area (Å²) in [7, 11) is -2.95. The molecule has 0 saturated heterocycles. The zero-order chi connectivity index (χ0) is 10.5. The molecule has 0 aliphatic heterocycles. The fourth-order valence-electron chi connectivity index (χ4n) is 0.503. The van der Waals surface area contributed by atoms with Crippen molar-refractivity contribution in [2.75, 3.05) is 0 Å². The van der Waals surface area contributed by atoms with E-state index in [2.05, 4.69) is 15.9 Å². The fraction of sp³-hybridized carbons (Fsp3) is 0.167. The molecule has 0 saturated carbocycles. The number of rotatable bonds is 0. The summed E-state index contributed by atoms with van der Waals surface area (Å²) in [5, 5.41) is 0. The van der Waals surface area contributed by atoms with Crippen LogP contribution in [0.25, 0.3) is 0 Å². The van der Waals surface area contributed by atoms with E-state index in [0.717, 1.165) is 4.60 Å². The number of pyridine rings is 1. The monoisotopic (exact) mass is 271 g/mol. The van der Waals surface area contributed by atoms with Crippen molar-refractivity contribution < 1.29 is 33.4 Å². The number of hydrogen-bond acceptors (Lipinski definition) is 4. The van der Waals surface area contributed by atoms with Crippen LogP contribution in [0.1, 0.15) is 0 Å². The molecule has 74 valence electrons. The molecule has 13 heavy (non-hydrogen) atoms. The molecule has 0 unspecified atom stereocenters. The first kappa shape index (κ1) is 12.8. The predicted octanol–water partition coefficient (Wildman–Crippen LogP) is -3.48. The first-order valence-corrected chi connectivity index (χ1v) is 5.05. The lowest BCUT2D eigenvalue weighted by atomic mass is 10.5. The Hall–Kier alpha value is -0.240. The van der Waals surface area contributed by atoms with E-state index in [1.54, 1.807) is 0 Å². The quantitative estimate of drug-likeness (QED) is 0.362. The average molecular weight is 272 g/mol. The number of aryl methyl sites for hydroxylation is 1. The highest BCUT2D eigenvalue weighted by molar-refractivity contribution is 9.10. The van der Waals surface area contributed by atoms with Gasteiger partial charge >= 0.3 is 0 Å². The van der Waals surface area contributed by atoms with E-state index in [-0.39, 0.29) is 0 Å². The van der Waals surface area contributed by atoms with E-state index in [4.69, 9.17) is 18.6 Å². The largest absolute Gasteiger partial charge is 0.247 e. The summed E-state index contributed by atoms with van der Waals surface area (Å²) in [5.41, 5.74) is 0. The van der Waals surface area contributed by atoms with Crippen molar-refractivity contribution in [3.63, 3.8) is 0 Å². The van der Waals surface area contributed by atoms with Gasteiger partial charge < -0.3 is 0 Å². The molecule has 0 aromatic carbocycles. The number of aromatic nitrogens is 1. The molecule has 0 bridgehead atoms. The fourth-order valence-corrected chi connectivity index (χ4v) is 0.773.